The van der Waals surface area contributed by atoms with Gasteiger partial charge >= 0.3 is 0 Å². The minimum atomic E-state index is 0.309. The van der Waals surface area contributed by atoms with E-state index in [0.29, 0.717) is 24.2 Å². The molecule has 6 heteroatoms. The number of amides is 1. The number of carbonyl (C=O) groups is 1. The van der Waals surface area contributed by atoms with Crippen LogP contribution in [0.1, 0.15) is 80.9 Å². The summed E-state index contributed by atoms with van der Waals surface area (Å²) in [6.45, 7) is 12.4. The Bertz CT molecular complexity index is 1350. The molecule has 178 valence electrons. The fourth-order valence-electron chi connectivity index (χ4n) is 5.57. The summed E-state index contributed by atoms with van der Waals surface area (Å²) in [6, 6.07) is 11.1. The van der Waals surface area contributed by atoms with Crippen LogP contribution in [0.5, 0.6) is 0 Å². The van der Waals surface area contributed by atoms with Crippen molar-refractivity contribution in [2.45, 2.75) is 72.1 Å². The number of aromatic nitrogens is 4. The largest absolute Gasteiger partial charge is 0.354 e. The van der Waals surface area contributed by atoms with E-state index >= 15 is 0 Å². The highest BCUT2D eigenvalue weighted by molar-refractivity contribution is 5.92. The second-order valence-corrected chi connectivity index (χ2v) is 10.0. The van der Waals surface area contributed by atoms with Crippen LogP contribution in [-0.4, -0.2) is 43.5 Å². The molecule has 0 spiro atoms. The summed E-state index contributed by atoms with van der Waals surface area (Å²) in [5.74, 6) is 1.97. The van der Waals surface area contributed by atoms with Gasteiger partial charge in [0.15, 0.2) is 5.65 Å². The molecule has 1 aliphatic heterocycles. The third-order valence-corrected chi connectivity index (χ3v) is 7.34. The van der Waals surface area contributed by atoms with Gasteiger partial charge in [0.05, 0.1) is 11.4 Å². The summed E-state index contributed by atoms with van der Waals surface area (Å²) < 4.78 is 1.94. The first-order chi connectivity index (χ1) is 16.4. The maximum Gasteiger partial charge on any atom is 0.222 e. The number of aryl methyl sites for hydroxylation is 2. The molecule has 34 heavy (non-hydrogen) atoms. The van der Waals surface area contributed by atoms with Crippen LogP contribution >= 0.6 is 0 Å². The van der Waals surface area contributed by atoms with Gasteiger partial charge in [-0.2, -0.15) is 5.10 Å². The van der Waals surface area contributed by atoms with Gasteiger partial charge in [-0.15, -0.1) is 0 Å². The average Bonchev–Trinajstić information content (AvgIpc) is 3.39. The number of hydrogen-bond donors (Lipinski definition) is 1. The molecule has 4 heterocycles. The molecule has 0 unspecified atom stereocenters. The maximum absolute atomic E-state index is 12.3. The Labute approximate surface area is 201 Å². The number of rotatable bonds is 5. The maximum atomic E-state index is 12.3. The van der Waals surface area contributed by atoms with Gasteiger partial charge in [-0.3, -0.25) is 4.79 Å². The fourth-order valence-corrected chi connectivity index (χ4v) is 5.57. The van der Waals surface area contributed by atoms with E-state index < -0.39 is 0 Å². The van der Waals surface area contributed by atoms with Crippen LogP contribution in [0.15, 0.2) is 30.3 Å². The average molecular weight is 458 g/mol. The Hall–Kier alpha value is -3.15. The van der Waals surface area contributed by atoms with Gasteiger partial charge in [0.25, 0.3) is 0 Å². The van der Waals surface area contributed by atoms with Crippen molar-refractivity contribution in [2.75, 3.05) is 13.1 Å². The lowest BCUT2D eigenvalue weighted by atomic mass is 9.87. The van der Waals surface area contributed by atoms with Gasteiger partial charge in [0.1, 0.15) is 5.82 Å². The van der Waals surface area contributed by atoms with Crippen molar-refractivity contribution in [1.29, 1.82) is 0 Å². The Morgan fingerprint density at radius 1 is 1.15 bits per heavy atom. The topological polar surface area (TPSA) is 66.3 Å². The van der Waals surface area contributed by atoms with E-state index in [0.717, 1.165) is 49.5 Å². The first-order valence-corrected chi connectivity index (χ1v) is 12.6. The van der Waals surface area contributed by atoms with Crippen molar-refractivity contribution in [1.82, 2.24) is 24.5 Å². The van der Waals surface area contributed by atoms with Gasteiger partial charge < -0.3 is 9.88 Å². The lowest BCUT2D eigenvalue weighted by Gasteiger charge is -2.32. The van der Waals surface area contributed by atoms with Crippen LogP contribution in [-0.2, 0) is 4.79 Å². The standard InChI is InChI=1S/C28H35N5O/c1-6-7-26(34)32-14-12-20(13-15-32)21-8-10-24-23(16-21)27(17(2)3)28(30-24)22-9-11-25-29-19(5)31-33(25)18(22)4/h8-11,16-17,20,30H,6-7,12-15H2,1-5H3. The molecule has 4 aromatic rings. The van der Waals surface area contributed by atoms with Crippen LogP contribution in [0.4, 0.5) is 0 Å². The first kappa shape index (κ1) is 22.6. The summed E-state index contributed by atoms with van der Waals surface area (Å²) >= 11 is 0. The Balaban J connectivity index is 1.51. The van der Waals surface area contributed by atoms with E-state index in [1.165, 1.54) is 33.3 Å². The number of pyridine rings is 1. The molecule has 1 aliphatic rings. The lowest BCUT2D eigenvalue weighted by molar-refractivity contribution is -0.132. The predicted octanol–water partition coefficient (Wildman–Crippen LogP) is 6.12. The van der Waals surface area contributed by atoms with Gasteiger partial charge in [-0.1, -0.05) is 26.8 Å². The van der Waals surface area contributed by atoms with Crippen LogP contribution in [0.2, 0.25) is 0 Å². The molecule has 5 rings (SSSR count). The van der Waals surface area contributed by atoms with Gasteiger partial charge in [0, 0.05) is 36.0 Å². The molecule has 1 saturated heterocycles. The molecule has 0 bridgehead atoms. The molecule has 0 aliphatic carbocycles. The quantitative estimate of drug-likeness (QED) is 0.392. The number of nitrogens with one attached hydrogen (secondary N) is 1. The van der Waals surface area contributed by atoms with E-state index in [1.54, 1.807) is 0 Å². The lowest BCUT2D eigenvalue weighted by Crippen LogP contribution is -2.37. The Morgan fingerprint density at radius 2 is 1.91 bits per heavy atom. The summed E-state index contributed by atoms with van der Waals surface area (Å²) in [6.07, 6.45) is 3.67. The molecular weight excluding hydrogens is 422 g/mol. The number of nitrogens with zero attached hydrogens (tertiary/aromatic N) is 4. The molecule has 6 nitrogen and oxygen atoms in total. The van der Waals surface area contributed by atoms with Crippen LogP contribution < -0.4 is 0 Å². The van der Waals surface area contributed by atoms with Crippen LogP contribution in [0, 0.1) is 13.8 Å². The molecule has 0 radical (unpaired) electrons. The highest BCUT2D eigenvalue weighted by atomic mass is 16.2. The smallest absolute Gasteiger partial charge is 0.222 e. The molecule has 0 atom stereocenters. The highest BCUT2D eigenvalue weighted by Crippen LogP contribution is 2.39. The zero-order valence-corrected chi connectivity index (χ0v) is 21.0. The number of aromatic amines is 1. The van der Waals surface area contributed by atoms with Gasteiger partial charge in [-0.25, -0.2) is 9.50 Å². The van der Waals surface area contributed by atoms with Crippen LogP contribution in [0.25, 0.3) is 27.8 Å². The number of carbonyl (C=O) groups excluding carboxylic acids is 1. The summed E-state index contributed by atoms with van der Waals surface area (Å²) in [7, 11) is 0. The highest BCUT2D eigenvalue weighted by Gasteiger charge is 2.25. The van der Waals surface area contributed by atoms with E-state index in [-0.39, 0.29) is 0 Å². The SMILES string of the molecule is CCCC(=O)N1CCC(c2ccc3[nH]c(-c4ccc5nc(C)nn5c4C)c(C(C)C)c3c2)CC1. The van der Waals surface area contributed by atoms with E-state index in [2.05, 4.69) is 78.0 Å². The zero-order valence-electron chi connectivity index (χ0n) is 21.0. The predicted molar refractivity (Wildman–Crippen MR) is 137 cm³/mol. The van der Waals surface area contributed by atoms with E-state index in [1.807, 2.05) is 11.4 Å². The van der Waals surface area contributed by atoms with Crippen molar-refractivity contribution < 1.29 is 4.79 Å². The summed E-state index contributed by atoms with van der Waals surface area (Å²) in [5, 5.41) is 5.90. The molecule has 1 fully saturated rings. The van der Waals surface area contributed by atoms with Gasteiger partial charge in [-0.05, 0) is 80.3 Å². The molecular formula is C28H35N5O. The fraction of sp³-hybridized carbons (Fsp3) is 0.464. The van der Waals surface area contributed by atoms with E-state index in [4.69, 9.17) is 0 Å². The second-order valence-electron chi connectivity index (χ2n) is 10.0. The third kappa shape index (κ3) is 3.89. The number of hydrogen-bond acceptors (Lipinski definition) is 3. The molecule has 1 aromatic carbocycles. The zero-order chi connectivity index (χ0) is 24.0. The molecule has 1 N–H and O–H groups in total. The van der Waals surface area contributed by atoms with E-state index in [9.17, 15) is 4.79 Å². The van der Waals surface area contributed by atoms with Crippen molar-refractivity contribution in [3.05, 3.63) is 53.0 Å². The summed E-state index contributed by atoms with van der Waals surface area (Å²) in [5.41, 5.74) is 8.24. The summed E-state index contributed by atoms with van der Waals surface area (Å²) in [4.78, 5) is 22.6. The van der Waals surface area contributed by atoms with Crippen LogP contribution in [0.3, 0.4) is 0 Å². The van der Waals surface area contributed by atoms with Crippen molar-refractivity contribution in [3.8, 4) is 11.3 Å². The minimum absolute atomic E-state index is 0.309. The van der Waals surface area contributed by atoms with Gasteiger partial charge in [0.2, 0.25) is 5.91 Å². The number of fused-ring (bicyclic) bond motifs is 2. The third-order valence-electron chi connectivity index (χ3n) is 7.34. The molecule has 0 saturated carbocycles. The van der Waals surface area contributed by atoms with Crippen molar-refractivity contribution >= 4 is 22.5 Å². The first-order valence-electron chi connectivity index (χ1n) is 12.6. The monoisotopic (exact) mass is 457 g/mol. The molecule has 3 aromatic heterocycles. The number of piperidine rings is 1. The number of benzene rings is 1. The second kappa shape index (κ2) is 8.90. The van der Waals surface area contributed by atoms with Crippen molar-refractivity contribution in [2.24, 2.45) is 0 Å². The minimum Gasteiger partial charge on any atom is -0.354 e. The normalized spacial score (nSPS) is 15.2. The van der Waals surface area contributed by atoms with Crippen molar-refractivity contribution in [3.63, 3.8) is 0 Å². The number of likely N-dealkylation sites (tertiary alicyclic amines) is 1. The Morgan fingerprint density at radius 3 is 2.62 bits per heavy atom. The molecule has 1 amide bonds. The number of H-pyrrole nitrogens is 1. The Kier molecular flexibility index (Phi) is 5.92.